The van der Waals surface area contributed by atoms with Crippen LogP contribution < -0.4 is 4.18 Å². The van der Waals surface area contributed by atoms with E-state index in [1.54, 1.807) is 24.3 Å². The number of hydrogen-bond donors (Lipinski definition) is 0. The first-order chi connectivity index (χ1) is 11.8. The first kappa shape index (κ1) is 16.1. The smallest absolute Gasteiger partial charge is 0.449 e. The van der Waals surface area contributed by atoms with E-state index in [0.29, 0.717) is 11.0 Å². The predicted molar refractivity (Wildman–Crippen MR) is 78.5 cm³/mol. The number of alkyl halides is 3. The second-order valence-electron chi connectivity index (χ2n) is 5.38. The van der Waals surface area contributed by atoms with E-state index in [4.69, 9.17) is 9.15 Å². The molecule has 132 valence electrons. The number of para-hydroxylation sites is 1. The minimum atomic E-state index is -5.89. The molecule has 0 aliphatic carbocycles. The largest absolute Gasteiger partial charge is 0.534 e. The van der Waals surface area contributed by atoms with Gasteiger partial charge in [-0.15, -0.1) is 0 Å². The molecule has 1 aliphatic heterocycles. The molecule has 0 amide bonds. The van der Waals surface area contributed by atoms with Crippen molar-refractivity contribution in [2.45, 2.75) is 11.4 Å². The van der Waals surface area contributed by atoms with Crippen LogP contribution in [0.15, 0.2) is 28.7 Å². The average Bonchev–Trinajstić information content (AvgIpc) is 2.83. The molecule has 1 aliphatic rings. The maximum Gasteiger partial charge on any atom is 0.534 e. The summed E-state index contributed by atoms with van der Waals surface area (Å²) in [5.41, 5.74) is -5.35. The third kappa shape index (κ3) is 2.59. The molecule has 3 heterocycles. The molecule has 0 radical (unpaired) electrons. The van der Waals surface area contributed by atoms with E-state index in [1.165, 1.54) is 0 Å². The SMILES string of the molecule is O=S(=O)(Oc1nc(C2COC2)nc2c1oc1ccccc12)C(F)(F)F. The lowest BCUT2D eigenvalue weighted by atomic mass is 10.1. The second-order valence-corrected chi connectivity index (χ2v) is 6.92. The molecule has 1 aromatic carbocycles. The van der Waals surface area contributed by atoms with Gasteiger partial charge in [0.2, 0.25) is 5.58 Å². The summed E-state index contributed by atoms with van der Waals surface area (Å²) < 4.78 is 75.4. The Morgan fingerprint density at radius 2 is 1.88 bits per heavy atom. The van der Waals surface area contributed by atoms with Crippen molar-refractivity contribution < 1.29 is 34.9 Å². The van der Waals surface area contributed by atoms with Gasteiger partial charge in [0.1, 0.15) is 16.9 Å². The van der Waals surface area contributed by atoms with Gasteiger partial charge >= 0.3 is 15.6 Å². The first-order valence-corrected chi connectivity index (χ1v) is 8.45. The lowest BCUT2D eigenvalue weighted by Gasteiger charge is -2.24. The first-order valence-electron chi connectivity index (χ1n) is 7.04. The highest BCUT2D eigenvalue weighted by Gasteiger charge is 2.49. The molecule has 4 rings (SSSR count). The maximum atomic E-state index is 12.7. The molecule has 7 nitrogen and oxygen atoms in total. The predicted octanol–water partition coefficient (Wildman–Crippen LogP) is 2.72. The number of fused-ring (bicyclic) bond motifs is 3. The molecule has 1 saturated heterocycles. The van der Waals surface area contributed by atoms with E-state index in [9.17, 15) is 21.6 Å². The maximum absolute atomic E-state index is 12.7. The van der Waals surface area contributed by atoms with Crippen molar-refractivity contribution in [2.24, 2.45) is 0 Å². The van der Waals surface area contributed by atoms with Gasteiger partial charge < -0.3 is 13.3 Å². The van der Waals surface area contributed by atoms with Crippen molar-refractivity contribution in [3.05, 3.63) is 30.1 Å². The van der Waals surface area contributed by atoms with Crippen molar-refractivity contribution in [1.29, 1.82) is 0 Å². The lowest BCUT2D eigenvalue weighted by Crippen LogP contribution is -2.30. The van der Waals surface area contributed by atoms with Crippen LogP contribution in [0.25, 0.3) is 22.1 Å². The summed E-state index contributed by atoms with van der Waals surface area (Å²) in [5, 5.41) is 0.510. The molecular weight excluding hydrogens is 365 g/mol. The fraction of sp³-hybridized carbons (Fsp3) is 0.286. The zero-order valence-corrected chi connectivity index (χ0v) is 13.1. The Morgan fingerprint density at radius 1 is 1.16 bits per heavy atom. The molecule has 0 saturated carbocycles. The van der Waals surface area contributed by atoms with Gasteiger partial charge in [-0.05, 0) is 12.1 Å². The van der Waals surface area contributed by atoms with Gasteiger partial charge in [-0.3, -0.25) is 0 Å². The van der Waals surface area contributed by atoms with E-state index in [0.717, 1.165) is 0 Å². The Morgan fingerprint density at radius 3 is 2.52 bits per heavy atom. The minimum Gasteiger partial charge on any atom is -0.449 e. The molecule has 0 N–H and O–H groups in total. The van der Waals surface area contributed by atoms with E-state index >= 15 is 0 Å². The van der Waals surface area contributed by atoms with Gasteiger partial charge in [0, 0.05) is 5.39 Å². The monoisotopic (exact) mass is 374 g/mol. The molecule has 0 unspecified atom stereocenters. The zero-order chi connectivity index (χ0) is 17.8. The number of nitrogens with zero attached hydrogens (tertiary/aromatic N) is 2. The van der Waals surface area contributed by atoms with Crippen molar-refractivity contribution in [3.63, 3.8) is 0 Å². The molecule has 11 heteroatoms. The van der Waals surface area contributed by atoms with Gasteiger partial charge in [-0.25, -0.2) is 4.98 Å². The summed E-state index contributed by atoms with van der Waals surface area (Å²) in [5.74, 6) is -0.910. The highest BCUT2D eigenvalue weighted by atomic mass is 32.2. The molecule has 2 aromatic heterocycles. The van der Waals surface area contributed by atoms with Crippen molar-refractivity contribution in [1.82, 2.24) is 9.97 Å². The van der Waals surface area contributed by atoms with E-state index < -0.39 is 21.5 Å². The number of ether oxygens (including phenoxy) is 1. The Balaban J connectivity index is 1.95. The third-order valence-electron chi connectivity index (χ3n) is 3.68. The molecular formula is C14H9F3N2O5S. The molecule has 3 aromatic rings. The van der Waals surface area contributed by atoms with Crippen molar-refractivity contribution >= 4 is 32.2 Å². The molecule has 1 fully saturated rings. The third-order valence-corrected chi connectivity index (χ3v) is 4.63. The van der Waals surface area contributed by atoms with Crippen LogP contribution in [0.3, 0.4) is 0 Å². The zero-order valence-electron chi connectivity index (χ0n) is 12.3. The molecule has 0 atom stereocenters. The number of benzene rings is 1. The number of rotatable bonds is 3. The van der Waals surface area contributed by atoms with Gasteiger partial charge in [-0.2, -0.15) is 26.6 Å². The van der Waals surface area contributed by atoms with Crippen LogP contribution in [0.2, 0.25) is 0 Å². The summed E-state index contributed by atoms with van der Waals surface area (Å²) in [6.07, 6.45) is 0. The van der Waals surface area contributed by atoms with Crippen LogP contribution in [-0.4, -0.2) is 37.1 Å². The summed E-state index contributed by atoms with van der Waals surface area (Å²) >= 11 is 0. The number of hydrogen-bond acceptors (Lipinski definition) is 7. The molecule has 0 bridgehead atoms. The van der Waals surface area contributed by atoms with Crippen LogP contribution in [0.1, 0.15) is 11.7 Å². The average molecular weight is 374 g/mol. The lowest BCUT2D eigenvalue weighted by molar-refractivity contribution is -0.0501. The quantitative estimate of drug-likeness (QED) is 0.514. The highest BCUT2D eigenvalue weighted by Crippen LogP contribution is 2.36. The Labute approximate surface area is 138 Å². The Kier molecular flexibility index (Phi) is 3.41. The number of aromatic nitrogens is 2. The summed E-state index contributed by atoms with van der Waals surface area (Å²) in [4.78, 5) is 8.13. The van der Waals surface area contributed by atoms with Crippen LogP contribution in [0.5, 0.6) is 5.88 Å². The highest BCUT2D eigenvalue weighted by molar-refractivity contribution is 7.88. The van der Waals surface area contributed by atoms with Crippen LogP contribution in [0, 0.1) is 0 Å². The summed E-state index contributed by atoms with van der Waals surface area (Å²) in [7, 11) is -5.89. The minimum absolute atomic E-state index is 0.137. The Hall–Kier alpha value is -2.40. The van der Waals surface area contributed by atoms with E-state index in [1.807, 2.05) is 0 Å². The van der Waals surface area contributed by atoms with Crippen LogP contribution in [0.4, 0.5) is 13.2 Å². The van der Waals surface area contributed by atoms with Gasteiger partial charge in [0.25, 0.3) is 5.88 Å². The normalized spacial score (nSPS) is 16.3. The Bertz CT molecular complexity index is 1070. The standard InChI is InChI=1S/C14H9F3N2O5S/c15-14(16,17)25(20,21)24-13-11-10(8-3-1-2-4-9(8)23-11)18-12(19-13)7-5-22-6-7/h1-4,7H,5-6H2. The molecule has 25 heavy (non-hydrogen) atoms. The summed E-state index contributed by atoms with van der Waals surface area (Å²) in [6, 6.07) is 6.58. The number of halogens is 3. The topological polar surface area (TPSA) is 91.5 Å². The summed E-state index contributed by atoms with van der Waals surface area (Å²) in [6.45, 7) is 0.569. The molecule has 0 spiro atoms. The van der Waals surface area contributed by atoms with Crippen molar-refractivity contribution in [2.75, 3.05) is 13.2 Å². The van der Waals surface area contributed by atoms with Crippen LogP contribution >= 0.6 is 0 Å². The van der Waals surface area contributed by atoms with Gasteiger partial charge in [0.05, 0.1) is 19.1 Å². The number of furan rings is 1. The van der Waals surface area contributed by atoms with Gasteiger partial charge in [-0.1, -0.05) is 12.1 Å². The van der Waals surface area contributed by atoms with Gasteiger partial charge in [0.15, 0.2) is 0 Å². The fourth-order valence-corrected chi connectivity index (χ4v) is 2.77. The van der Waals surface area contributed by atoms with E-state index in [2.05, 4.69) is 14.2 Å². The van der Waals surface area contributed by atoms with E-state index in [-0.39, 0.29) is 36.1 Å². The van der Waals surface area contributed by atoms with Crippen LogP contribution in [-0.2, 0) is 14.9 Å². The van der Waals surface area contributed by atoms with Crippen molar-refractivity contribution in [3.8, 4) is 5.88 Å². The fourth-order valence-electron chi connectivity index (χ4n) is 2.36. The second kappa shape index (κ2) is 5.30.